The first-order chi connectivity index (χ1) is 10.2. The van der Waals surface area contributed by atoms with Gasteiger partial charge in [-0.2, -0.15) is 0 Å². The first kappa shape index (κ1) is 65.3. The van der Waals surface area contributed by atoms with Crippen molar-refractivity contribution in [1.29, 1.82) is 0 Å². The Morgan fingerprint density at radius 2 is 1.07 bits per heavy atom. The summed E-state index contributed by atoms with van der Waals surface area (Å²) in [5, 5.41) is 3.12. The van der Waals surface area contributed by atoms with Crippen LogP contribution in [0.5, 0.6) is 0 Å². The van der Waals surface area contributed by atoms with Crippen LogP contribution in [0.15, 0.2) is 42.5 Å². The Morgan fingerprint density at radius 1 is 0.667 bits per heavy atom. The molecule has 0 unspecified atom stereocenters. The molecular formula is C17H16NW12-3. The van der Waals surface area contributed by atoms with Crippen LogP contribution in [0.3, 0.4) is 0 Å². The van der Waals surface area contributed by atoms with Crippen molar-refractivity contribution in [2.24, 2.45) is 0 Å². The van der Waals surface area contributed by atoms with E-state index in [1.54, 1.807) is 0 Å². The predicted molar refractivity (Wildman–Crippen MR) is 82.1 cm³/mol. The molecule has 0 fully saturated rings. The molecule has 1 N–H and O–H groups in total. The summed E-state index contributed by atoms with van der Waals surface area (Å²) in [6, 6.07) is 15.1. The van der Waals surface area contributed by atoms with Crippen molar-refractivity contribution in [3.63, 3.8) is 0 Å². The van der Waals surface area contributed by atoms with Crippen molar-refractivity contribution in [2.45, 2.75) is 13.8 Å². The Hall–Kier alpha value is 6.11. The Bertz CT molecular complexity index is 579. The predicted octanol–water partition coefficient (Wildman–Crippen LogP) is 3.23. The maximum Gasteiger partial charge on any atom is 0 e. The van der Waals surface area contributed by atoms with Crippen LogP contribution in [0.4, 0.5) is 5.69 Å². The molecule has 2 rings (SSSR count). The number of hydrogen-bond acceptors (Lipinski definition) is 1. The molecule has 0 saturated carbocycles. The summed E-state index contributed by atoms with van der Waals surface area (Å²) in [5.74, 6) is 0. The quantitative estimate of drug-likeness (QED) is 0.369. The summed E-state index contributed by atoms with van der Waals surface area (Å²) >= 11 is 3.47. The maximum absolute atomic E-state index is 4.58. The number of aryl methyl sites for hydroxylation is 2. The maximum atomic E-state index is 4.58. The number of anilines is 1. The molecule has 0 atom stereocenters. The van der Waals surface area contributed by atoms with E-state index >= 15 is 0 Å². The first-order valence-corrected chi connectivity index (χ1v) is 10.8. The summed E-state index contributed by atoms with van der Waals surface area (Å²) in [5.41, 5.74) is 6.24. The molecule has 0 saturated heterocycles. The molecule has 0 radical (unpaired) electrons. The minimum atomic E-state index is 0. The van der Waals surface area contributed by atoms with Crippen molar-refractivity contribution >= 4 is 20.0 Å². The van der Waals surface area contributed by atoms with Crippen LogP contribution in [0, 0.1) is 13.8 Å². The van der Waals surface area contributed by atoms with Gasteiger partial charge in [0.25, 0.3) is 0 Å². The van der Waals surface area contributed by atoms with Gasteiger partial charge < -0.3 is 0 Å². The molecule has 0 aromatic heterocycles. The second-order valence-corrected chi connectivity index (χ2v) is 4.86. The van der Waals surface area contributed by atoms with E-state index in [9.17, 15) is 0 Å². The molecule has 0 heterocycles. The molecule has 0 bridgehead atoms. The Kier molecular flexibility index (Phi) is 98.1. The third kappa shape index (κ3) is 28.7. The van der Waals surface area contributed by atoms with Crippen LogP contribution in [-0.4, -0.2) is 14.3 Å². The average Bonchev–Trinajstić information content (AvgIpc) is 2.53. The van der Waals surface area contributed by atoms with Crippen LogP contribution >= 0.6 is 0 Å². The van der Waals surface area contributed by atoms with Crippen LogP contribution in [-0.2, 0) is 248 Å². The van der Waals surface area contributed by atoms with E-state index < -0.39 is 0 Å². The standard InChI is InChI=1S/C15H14N.2CH.12W/c1-11-4-6-13(7-5-11)15-9-8-14(16-3)10-12(15)2;;;;;;;;;;;;;;/h4-10,16H,1-2H3;2*1H;;;;;;;;;;;;/q3*-1;;;;;;;;;;;;. The Morgan fingerprint density at radius 3 is 1.40 bits per heavy atom. The van der Waals surface area contributed by atoms with Gasteiger partial charge in [0.2, 0.25) is 0 Å². The number of nitrogens with one attached hydrogen (secondary N) is 1. The van der Waals surface area contributed by atoms with Gasteiger partial charge in [-0.25, -0.2) is 0 Å². The molecule has 0 spiro atoms. The summed E-state index contributed by atoms with van der Waals surface area (Å²) in [6.07, 6.45) is 0. The van der Waals surface area contributed by atoms with Crippen molar-refractivity contribution in [3.8, 4) is 11.1 Å². The van der Waals surface area contributed by atoms with Crippen molar-refractivity contribution in [2.75, 3.05) is 5.32 Å². The molecule has 0 aliphatic rings. The zero-order chi connectivity index (χ0) is 16.3. The molecule has 30 heavy (non-hydrogen) atoms. The summed E-state index contributed by atoms with van der Waals surface area (Å²) < 4.78 is 3.01. The molecular weight excluding hydrogens is 2420 g/mol. The van der Waals surface area contributed by atoms with E-state index in [1.165, 1.54) is 41.6 Å². The second-order valence-electron chi connectivity index (χ2n) is 4.12. The van der Waals surface area contributed by atoms with Gasteiger partial charge in [-0.15, -0.1) is 0 Å². The molecule has 2 aromatic carbocycles. The van der Waals surface area contributed by atoms with Gasteiger partial charge in [-0.05, 0) is 0 Å². The van der Waals surface area contributed by atoms with Gasteiger partial charge >= 0.3 is 162 Å². The fourth-order valence-corrected chi connectivity index (χ4v) is 2.28. The fourth-order valence-electron chi connectivity index (χ4n) is 1.86. The smallest absolute Gasteiger partial charge is 0 e. The Labute approximate surface area is 344 Å². The number of benzene rings is 2. The SMILES string of the molecule is Cc1ccc(-c2ccc(N[C-]=[W])cc2C)cc1.[CH-]=[W].[CH-]=[W].[W].[W].[W].[W].[W].[W].[W].[W].[W]. The zero-order valence-electron chi connectivity index (χ0n) is 15.6. The molecule has 0 aliphatic heterocycles. The summed E-state index contributed by atoms with van der Waals surface area (Å²) in [4.78, 5) is 9.17. The van der Waals surface area contributed by atoms with E-state index in [2.05, 4.69) is 76.0 Å². The van der Waals surface area contributed by atoms with E-state index in [1.807, 2.05) is 0 Å². The monoisotopic (exact) mass is 2440 g/mol. The minimum Gasteiger partial charge on any atom is 0 e. The van der Waals surface area contributed by atoms with Crippen LogP contribution in [0.25, 0.3) is 11.1 Å². The van der Waals surface area contributed by atoms with E-state index in [-0.39, 0.29) is 190 Å². The van der Waals surface area contributed by atoms with Gasteiger partial charge in [0.05, 0.1) is 0 Å². The second kappa shape index (κ2) is 45.1. The number of rotatable bonds is 3. The van der Waals surface area contributed by atoms with Crippen LogP contribution in [0.1, 0.15) is 11.1 Å². The van der Waals surface area contributed by atoms with Crippen molar-refractivity contribution in [3.05, 3.63) is 53.6 Å². The third-order valence-corrected chi connectivity index (χ3v) is 3.15. The van der Waals surface area contributed by atoms with Crippen molar-refractivity contribution in [1.82, 2.24) is 0 Å². The molecule has 0 aliphatic carbocycles. The van der Waals surface area contributed by atoms with Gasteiger partial charge in [0.15, 0.2) is 0 Å². The molecule has 2 aromatic rings. The van der Waals surface area contributed by atoms with Gasteiger partial charge in [0.1, 0.15) is 0 Å². The molecule has 164 valence electrons. The molecule has 0 amide bonds. The zero-order valence-corrected chi connectivity index (χ0v) is 50.8. The van der Waals surface area contributed by atoms with Crippen molar-refractivity contribution < 1.29 is 248 Å². The van der Waals surface area contributed by atoms with Gasteiger partial charge in [0, 0.05) is 190 Å². The van der Waals surface area contributed by atoms with Gasteiger partial charge in [-0.3, -0.25) is 0 Å². The number of hydrogen-bond donors (Lipinski definition) is 1. The topological polar surface area (TPSA) is 12.0 Å². The third-order valence-electron chi connectivity index (χ3n) is 2.78. The van der Waals surface area contributed by atoms with E-state index in [0.29, 0.717) is 0 Å². The normalized spacial score (nSPS) is 5.93. The van der Waals surface area contributed by atoms with E-state index in [4.69, 9.17) is 0 Å². The molecule has 1 nitrogen and oxygen atoms in total. The average molecular weight is 2440 g/mol. The summed E-state index contributed by atoms with van der Waals surface area (Å²) in [7, 11) is 0. The largest absolute Gasteiger partial charge is 0 e. The first-order valence-electron chi connectivity index (χ1n) is 5.98. The summed E-state index contributed by atoms with van der Waals surface area (Å²) in [6.45, 7) is 4.25. The Balaban J connectivity index is -0.0000000364. The molecule has 13 heteroatoms. The van der Waals surface area contributed by atoms with Crippen LogP contribution in [0.2, 0.25) is 0 Å². The minimum absolute atomic E-state index is 0. The van der Waals surface area contributed by atoms with Crippen LogP contribution < -0.4 is 5.32 Å². The van der Waals surface area contributed by atoms with Gasteiger partial charge in [-0.1, -0.05) is 0 Å². The van der Waals surface area contributed by atoms with E-state index in [0.717, 1.165) is 44.4 Å². The fraction of sp³-hybridized carbons (Fsp3) is 0.118.